The molecular formula is C14H20O4. The van der Waals surface area contributed by atoms with Crippen LogP contribution in [-0.4, -0.2) is 18.2 Å². The van der Waals surface area contributed by atoms with Crippen LogP contribution in [0.2, 0.25) is 0 Å². The van der Waals surface area contributed by atoms with Crippen LogP contribution in [0.25, 0.3) is 0 Å². The van der Waals surface area contributed by atoms with Crippen molar-refractivity contribution in [3.8, 4) is 5.75 Å². The molecule has 0 fully saturated rings. The minimum Gasteiger partial charge on any atom is -0.507 e. The van der Waals surface area contributed by atoms with Crippen LogP contribution in [-0.2, 0) is 16.2 Å². The van der Waals surface area contributed by atoms with E-state index in [1.807, 2.05) is 6.07 Å². The highest BCUT2D eigenvalue weighted by molar-refractivity contribution is 5.92. The Morgan fingerprint density at radius 3 is 2.72 bits per heavy atom. The summed E-state index contributed by atoms with van der Waals surface area (Å²) in [5.41, 5.74) is 1.16. The number of carbonyl (C=O) groups excluding carboxylic acids is 1. The second-order valence-electron chi connectivity index (χ2n) is 4.20. The molecule has 0 bridgehead atoms. The van der Waals surface area contributed by atoms with Crippen molar-refractivity contribution in [2.45, 2.75) is 39.0 Å². The number of hydrogen-bond donors (Lipinski definition) is 1. The average molecular weight is 252 g/mol. The van der Waals surface area contributed by atoms with E-state index in [4.69, 9.17) is 0 Å². The summed E-state index contributed by atoms with van der Waals surface area (Å²) in [5.74, 6) is -0.764. The van der Waals surface area contributed by atoms with Crippen LogP contribution in [0, 0.1) is 0 Å². The summed E-state index contributed by atoms with van der Waals surface area (Å²) >= 11 is 0. The molecule has 18 heavy (non-hydrogen) atoms. The first-order valence-corrected chi connectivity index (χ1v) is 6.26. The second kappa shape index (κ2) is 7.71. The van der Waals surface area contributed by atoms with Gasteiger partial charge in [0.25, 0.3) is 0 Å². The fraction of sp³-hybridized carbons (Fsp3) is 0.500. The van der Waals surface area contributed by atoms with E-state index in [2.05, 4.69) is 16.7 Å². The molecule has 0 atom stereocenters. The lowest BCUT2D eigenvalue weighted by molar-refractivity contribution is -0.216. The fourth-order valence-electron chi connectivity index (χ4n) is 1.78. The van der Waals surface area contributed by atoms with Crippen LogP contribution in [0.5, 0.6) is 5.75 Å². The monoisotopic (exact) mass is 252 g/mol. The normalized spacial score (nSPS) is 10.3. The van der Waals surface area contributed by atoms with Crippen LogP contribution in [0.3, 0.4) is 0 Å². The maximum absolute atomic E-state index is 11.5. The number of aromatic hydroxyl groups is 1. The summed E-state index contributed by atoms with van der Waals surface area (Å²) in [6.07, 6.45) is 5.57. The molecule has 4 heteroatoms. The van der Waals surface area contributed by atoms with E-state index in [0.717, 1.165) is 18.4 Å². The third kappa shape index (κ3) is 4.37. The molecule has 100 valence electrons. The fourth-order valence-corrected chi connectivity index (χ4v) is 1.78. The molecule has 0 aromatic heterocycles. The molecule has 0 aliphatic carbocycles. The number of hydrogen-bond acceptors (Lipinski definition) is 4. The molecule has 0 radical (unpaired) electrons. The van der Waals surface area contributed by atoms with Gasteiger partial charge in [-0.15, -0.1) is 0 Å². The van der Waals surface area contributed by atoms with Gasteiger partial charge in [-0.05, 0) is 30.5 Å². The number of aryl methyl sites for hydroxylation is 1. The highest BCUT2D eigenvalue weighted by atomic mass is 17.2. The Hall–Kier alpha value is -1.55. The predicted octanol–water partition coefficient (Wildman–Crippen LogP) is 3.23. The van der Waals surface area contributed by atoms with Gasteiger partial charge in [-0.25, -0.2) is 4.79 Å². The first-order valence-electron chi connectivity index (χ1n) is 6.26. The largest absolute Gasteiger partial charge is 0.507 e. The number of benzene rings is 1. The molecule has 0 heterocycles. The first kappa shape index (κ1) is 14.5. The highest BCUT2D eigenvalue weighted by Crippen LogP contribution is 2.21. The molecule has 0 saturated heterocycles. The number of unbranched alkanes of at least 4 members (excludes halogenated alkanes) is 3. The van der Waals surface area contributed by atoms with E-state index in [9.17, 15) is 9.90 Å². The van der Waals surface area contributed by atoms with Crippen molar-refractivity contribution in [2.24, 2.45) is 0 Å². The van der Waals surface area contributed by atoms with Gasteiger partial charge in [0.1, 0.15) is 11.3 Å². The molecule has 0 spiro atoms. The number of phenols is 1. The highest BCUT2D eigenvalue weighted by Gasteiger charge is 2.14. The summed E-state index contributed by atoms with van der Waals surface area (Å²) < 4.78 is 0. The van der Waals surface area contributed by atoms with E-state index < -0.39 is 5.97 Å². The van der Waals surface area contributed by atoms with Crippen molar-refractivity contribution >= 4 is 5.97 Å². The van der Waals surface area contributed by atoms with Gasteiger partial charge in [0.05, 0.1) is 7.11 Å². The van der Waals surface area contributed by atoms with Crippen molar-refractivity contribution < 1.29 is 19.7 Å². The topological polar surface area (TPSA) is 55.8 Å². The van der Waals surface area contributed by atoms with E-state index in [-0.39, 0.29) is 11.3 Å². The second-order valence-corrected chi connectivity index (χ2v) is 4.20. The molecule has 0 aliphatic rings. The van der Waals surface area contributed by atoms with E-state index in [1.165, 1.54) is 32.4 Å². The zero-order valence-electron chi connectivity index (χ0n) is 10.9. The Kier molecular flexibility index (Phi) is 6.22. The Balaban J connectivity index is 2.65. The molecular weight excluding hydrogens is 232 g/mol. The van der Waals surface area contributed by atoms with Gasteiger partial charge in [-0.1, -0.05) is 32.3 Å². The lowest BCUT2D eigenvalue weighted by Gasteiger charge is -2.06. The molecule has 1 aromatic carbocycles. The molecule has 0 aliphatic heterocycles. The maximum Gasteiger partial charge on any atom is 0.376 e. The lowest BCUT2D eigenvalue weighted by Crippen LogP contribution is -2.05. The van der Waals surface area contributed by atoms with Crippen LogP contribution < -0.4 is 0 Å². The van der Waals surface area contributed by atoms with Gasteiger partial charge in [-0.2, -0.15) is 4.89 Å². The van der Waals surface area contributed by atoms with Crippen molar-refractivity contribution in [1.82, 2.24) is 0 Å². The summed E-state index contributed by atoms with van der Waals surface area (Å²) in [7, 11) is 1.25. The van der Waals surface area contributed by atoms with Gasteiger partial charge in [0.15, 0.2) is 0 Å². The van der Waals surface area contributed by atoms with Crippen molar-refractivity contribution in [3.05, 3.63) is 29.3 Å². The van der Waals surface area contributed by atoms with E-state index in [1.54, 1.807) is 6.07 Å². The van der Waals surface area contributed by atoms with Gasteiger partial charge in [0.2, 0.25) is 0 Å². The van der Waals surface area contributed by atoms with Crippen LogP contribution in [0.4, 0.5) is 0 Å². The predicted molar refractivity (Wildman–Crippen MR) is 68.4 cm³/mol. The molecule has 0 unspecified atom stereocenters. The third-order valence-electron chi connectivity index (χ3n) is 2.76. The number of rotatable bonds is 7. The molecule has 1 N–H and O–H groups in total. The van der Waals surface area contributed by atoms with Crippen LogP contribution in [0.1, 0.15) is 48.5 Å². The first-order chi connectivity index (χ1) is 8.69. The van der Waals surface area contributed by atoms with Crippen LogP contribution in [0.15, 0.2) is 18.2 Å². The van der Waals surface area contributed by atoms with Crippen LogP contribution >= 0.6 is 0 Å². The Morgan fingerprint density at radius 2 is 2.06 bits per heavy atom. The van der Waals surface area contributed by atoms with Gasteiger partial charge in [-0.3, -0.25) is 4.89 Å². The minimum atomic E-state index is -0.676. The molecule has 0 saturated carbocycles. The van der Waals surface area contributed by atoms with Crippen molar-refractivity contribution in [3.63, 3.8) is 0 Å². The van der Waals surface area contributed by atoms with Gasteiger partial charge >= 0.3 is 5.97 Å². The molecule has 0 amide bonds. The minimum absolute atomic E-state index is 0.0886. The number of phenolic OH excluding ortho intramolecular Hbond substituents is 1. The Bertz CT molecular complexity index is 387. The molecule has 1 rings (SSSR count). The smallest absolute Gasteiger partial charge is 0.376 e. The number of carbonyl (C=O) groups is 1. The van der Waals surface area contributed by atoms with Crippen molar-refractivity contribution in [1.29, 1.82) is 0 Å². The Labute approximate surface area is 107 Å². The van der Waals surface area contributed by atoms with E-state index in [0.29, 0.717) is 0 Å². The van der Waals surface area contributed by atoms with Gasteiger partial charge in [0, 0.05) is 0 Å². The lowest BCUT2D eigenvalue weighted by atomic mass is 10.0. The zero-order valence-corrected chi connectivity index (χ0v) is 10.9. The summed E-state index contributed by atoms with van der Waals surface area (Å²) in [6, 6.07) is 4.99. The third-order valence-corrected chi connectivity index (χ3v) is 2.76. The van der Waals surface area contributed by atoms with Gasteiger partial charge < -0.3 is 5.11 Å². The standard InChI is InChI=1S/C14H20O4/c1-3-4-5-6-7-11-8-9-13(15)12(10-11)14(16)18-17-2/h8-10,15H,3-7H2,1-2H3. The maximum atomic E-state index is 11.5. The molecule has 4 nitrogen and oxygen atoms in total. The average Bonchev–Trinajstić information content (AvgIpc) is 2.36. The molecule has 1 aromatic rings. The zero-order chi connectivity index (χ0) is 13.4. The van der Waals surface area contributed by atoms with Crippen molar-refractivity contribution in [2.75, 3.05) is 7.11 Å². The quantitative estimate of drug-likeness (QED) is 0.460. The Morgan fingerprint density at radius 1 is 1.28 bits per heavy atom. The SMILES string of the molecule is CCCCCCc1ccc(O)c(C(=O)OOC)c1. The summed E-state index contributed by atoms with van der Waals surface area (Å²) in [6.45, 7) is 2.17. The summed E-state index contributed by atoms with van der Waals surface area (Å²) in [5, 5.41) is 9.59. The summed E-state index contributed by atoms with van der Waals surface area (Å²) in [4.78, 5) is 20.2. The van der Waals surface area contributed by atoms with E-state index >= 15 is 0 Å².